The molecule has 7 heteroatoms. The van der Waals surface area contributed by atoms with E-state index in [9.17, 15) is 14.4 Å². The van der Waals surface area contributed by atoms with Crippen LogP contribution in [0.1, 0.15) is 33.1 Å². The van der Waals surface area contributed by atoms with Crippen molar-refractivity contribution in [1.29, 1.82) is 0 Å². The number of nitrogens with two attached hydrogens (primary N) is 1. The van der Waals surface area contributed by atoms with Crippen LogP contribution in [0.4, 0.5) is 0 Å². The lowest BCUT2D eigenvalue weighted by atomic mass is 10.0. The highest BCUT2D eigenvalue weighted by atomic mass is 16.2. The van der Waals surface area contributed by atoms with Crippen LogP contribution in [0.2, 0.25) is 0 Å². The molecule has 1 heterocycles. The molecule has 0 unspecified atom stereocenters. The molecule has 2 atom stereocenters. The molecule has 0 radical (unpaired) electrons. The van der Waals surface area contributed by atoms with Crippen LogP contribution in [0.25, 0.3) is 0 Å². The molecule has 0 aromatic heterocycles. The highest BCUT2D eigenvalue weighted by Gasteiger charge is 2.27. The zero-order valence-electron chi connectivity index (χ0n) is 12.1. The van der Waals surface area contributed by atoms with Gasteiger partial charge in [-0.1, -0.05) is 13.8 Å². The van der Waals surface area contributed by atoms with Gasteiger partial charge in [-0.25, -0.2) is 0 Å². The van der Waals surface area contributed by atoms with Crippen LogP contribution in [0.3, 0.4) is 0 Å². The summed E-state index contributed by atoms with van der Waals surface area (Å²) in [6, 6.07) is -0.863. The lowest BCUT2D eigenvalue weighted by molar-refractivity contribution is -0.131. The van der Waals surface area contributed by atoms with Gasteiger partial charge in [-0.15, -0.1) is 0 Å². The number of carbonyl (C=O) groups excluding carboxylic acids is 3. The first-order valence-corrected chi connectivity index (χ1v) is 7.00. The molecule has 1 saturated heterocycles. The molecule has 114 valence electrons. The minimum atomic E-state index is -0.635. The number of nitrogens with one attached hydrogen (secondary N) is 3. The molecular formula is C13H24N4O3. The molecule has 7 nitrogen and oxygen atoms in total. The molecule has 0 aromatic rings. The van der Waals surface area contributed by atoms with Gasteiger partial charge in [0.05, 0.1) is 12.6 Å². The third-order valence-electron chi connectivity index (χ3n) is 3.15. The summed E-state index contributed by atoms with van der Waals surface area (Å²) < 4.78 is 0. The first-order valence-electron chi connectivity index (χ1n) is 7.00. The van der Waals surface area contributed by atoms with Crippen molar-refractivity contribution in [3.63, 3.8) is 0 Å². The molecule has 20 heavy (non-hydrogen) atoms. The second-order valence-corrected chi connectivity index (χ2v) is 5.52. The Morgan fingerprint density at radius 3 is 2.55 bits per heavy atom. The highest BCUT2D eigenvalue weighted by molar-refractivity contribution is 5.91. The Balaban J connectivity index is 2.55. The number of hydrogen-bond donors (Lipinski definition) is 4. The van der Waals surface area contributed by atoms with Gasteiger partial charge in [0.15, 0.2) is 0 Å². The fraction of sp³-hybridized carbons (Fsp3) is 0.769. The zero-order chi connectivity index (χ0) is 15.1. The van der Waals surface area contributed by atoms with E-state index in [1.54, 1.807) is 0 Å². The monoisotopic (exact) mass is 284 g/mol. The average molecular weight is 284 g/mol. The summed E-state index contributed by atoms with van der Waals surface area (Å²) in [7, 11) is 0. The Morgan fingerprint density at radius 1 is 1.35 bits per heavy atom. The maximum absolute atomic E-state index is 12.0. The Morgan fingerprint density at radius 2 is 2.05 bits per heavy atom. The first kappa shape index (κ1) is 16.4. The summed E-state index contributed by atoms with van der Waals surface area (Å²) in [5, 5.41) is 8.27. The summed E-state index contributed by atoms with van der Waals surface area (Å²) in [6.07, 6.45) is 2.26. The number of carbonyl (C=O) groups is 3. The van der Waals surface area contributed by atoms with Gasteiger partial charge >= 0.3 is 0 Å². The fourth-order valence-electron chi connectivity index (χ4n) is 2.18. The van der Waals surface area contributed by atoms with E-state index in [0.717, 1.165) is 19.4 Å². The molecule has 0 aromatic carbocycles. The van der Waals surface area contributed by atoms with Crippen LogP contribution in [-0.4, -0.2) is 42.9 Å². The van der Waals surface area contributed by atoms with E-state index in [2.05, 4.69) is 16.0 Å². The SMILES string of the molecule is CC(C)C[C@@H](NC(=O)[C@H]1CCCN1)C(=O)NCC(N)=O. The van der Waals surface area contributed by atoms with E-state index >= 15 is 0 Å². The molecule has 0 spiro atoms. The van der Waals surface area contributed by atoms with Crippen LogP contribution in [0, 0.1) is 5.92 Å². The molecule has 1 aliphatic heterocycles. The minimum Gasteiger partial charge on any atom is -0.368 e. The lowest BCUT2D eigenvalue weighted by Crippen LogP contribution is -2.52. The first-order chi connectivity index (χ1) is 9.40. The predicted molar refractivity (Wildman–Crippen MR) is 74.6 cm³/mol. The summed E-state index contributed by atoms with van der Waals surface area (Å²) in [5.41, 5.74) is 4.99. The standard InChI is InChI=1S/C13H24N4O3/c1-8(2)6-10(12(19)16-7-11(14)18)17-13(20)9-4-3-5-15-9/h8-10,15H,3-7H2,1-2H3,(H2,14,18)(H,16,19)(H,17,20)/t9-,10-/m1/s1. The third-order valence-corrected chi connectivity index (χ3v) is 3.15. The van der Waals surface area contributed by atoms with Gasteiger partial charge in [0.1, 0.15) is 6.04 Å². The van der Waals surface area contributed by atoms with Gasteiger partial charge in [-0.2, -0.15) is 0 Å². The Hall–Kier alpha value is -1.63. The van der Waals surface area contributed by atoms with Crippen molar-refractivity contribution in [3.8, 4) is 0 Å². The lowest BCUT2D eigenvalue weighted by Gasteiger charge is -2.21. The molecular weight excluding hydrogens is 260 g/mol. The normalized spacial score (nSPS) is 19.6. The molecule has 3 amide bonds. The van der Waals surface area contributed by atoms with Crippen molar-refractivity contribution in [2.45, 2.75) is 45.2 Å². The molecule has 0 aliphatic carbocycles. The van der Waals surface area contributed by atoms with Gasteiger partial charge in [-0.3, -0.25) is 14.4 Å². The molecule has 1 aliphatic rings. The van der Waals surface area contributed by atoms with Crippen molar-refractivity contribution >= 4 is 17.7 Å². The smallest absolute Gasteiger partial charge is 0.243 e. The van der Waals surface area contributed by atoms with E-state index in [1.165, 1.54) is 0 Å². The summed E-state index contributed by atoms with van der Waals surface area (Å²) >= 11 is 0. The quantitative estimate of drug-likeness (QED) is 0.474. The van der Waals surface area contributed by atoms with Crippen LogP contribution in [-0.2, 0) is 14.4 Å². The molecule has 5 N–H and O–H groups in total. The second kappa shape index (κ2) is 7.84. The largest absolute Gasteiger partial charge is 0.368 e. The van der Waals surface area contributed by atoms with Gasteiger partial charge in [0, 0.05) is 0 Å². The van der Waals surface area contributed by atoms with Crippen molar-refractivity contribution in [3.05, 3.63) is 0 Å². The van der Waals surface area contributed by atoms with E-state index < -0.39 is 11.9 Å². The van der Waals surface area contributed by atoms with E-state index in [4.69, 9.17) is 5.73 Å². The number of hydrogen-bond acceptors (Lipinski definition) is 4. The fourth-order valence-corrected chi connectivity index (χ4v) is 2.18. The summed E-state index contributed by atoms with van der Waals surface area (Å²) in [6.45, 7) is 4.54. The van der Waals surface area contributed by atoms with Crippen LogP contribution < -0.4 is 21.7 Å². The third kappa shape index (κ3) is 5.56. The van der Waals surface area contributed by atoms with Gasteiger partial charge in [-0.05, 0) is 31.7 Å². The van der Waals surface area contributed by atoms with Crippen LogP contribution in [0.15, 0.2) is 0 Å². The van der Waals surface area contributed by atoms with Gasteiger partial charge in [0.25, 0.3) is 0 Å². The van der Waals surface area contributed by atoms with Crippen LogP contribution in [0.5, 0.6) is 0 Å². The van der Waals surface area contributed by atoms with E-state index in [-0.39, 0.29) is 30.3 Å². The van der Waals surface area contributed by atoms with Crippen molar-refractivity contribution < 1.29 is 14.4 Å². The maximum Gasteiger partial charge on any atom is 0.243 e. The Labute approximate surface area is 119 Å². The number of amides is 3. The maximum atomic E-state index is 12.0. The van der Waals surface area contributed by atoms with Crippen molar-refractivity contribution in [2.24, 2.45) is 11.7 Å². The van der Waals surface area contributed by atoms with Gasteiger partial charge in [0.2, 0.25) is 17.7 Å². The van der Waals surface area contributed by atoms with Crippen molar-refractivity contribution in [1.82, 2.24) is 16.0 Å². The zero-order valence-corrected chi connectivity index (χ0v) is 12.1. The van der Waals surface area contributed by atoms with Gasteiger partial charge < -0.3 is 21.7 Å². The Bertz CT molecular complexity index is 365. The minimum absolute atomic E-state index is 0.164. The molecule has 0 bridgehead atoms. The number of rotatable bonds is 7. The molecule has 0 saturated carbocycles. The van der Waals surface area contributed by atoms with E-state index in [0.29, 0.717) is 6.42 Å². The highest BCUT2D eigenvalue weighted by Crippen LogP contribution is 2.08. The average Bonchev–Trinajstić information content (AvgIpc) is 2.88. The summed E-state index contributed by atoms with van der Waals surface area (Å²) in [5.74, 6) is -0.896. The van der Waals surface area contributed by atoms with Crippen molar-refractivity contribution in [2.75, 3.05) is 13.1 Å². The second-order valence-electron chi connectivity index (χ2n) is 5.52. The molecule has 1 rings (SSSR count). The topological polar surface area (TPSA) is 113 Å². The predicted octanol–water partition coefficient (Wildman–Crippen LogP) is -1.13. The molecule has 1 fully saturated rings. The number of primary amides is 1. The summed E-state index contributed by atoms with van der Waals surface area (Å²) in [4.78, 5) is 34.7. The Kier molecular flexibility index (Phi) is 6.44. The van der Waals surface area contributed by atoms with E-state index in [1.807, 2.05) is 13.8 Å². The van der Waals surface area contributed by atoms with Crippen LogP contribution >= 0.6 is 0 Å².